The Hall–Kier alpha value is -1.04. The fourth-order valence-corrected chi connectivity index (χ4v) is 3.28. The van der Waals surface area contributed by atoms with Crippen LogP contribution in [0.4, 0.5) is 0 Å². The molecule has 0 fully saturated rings. The summed E-state index contributed by atoms with van der Waals surface area (Å²) >= 11 is 3.15. The number of nitrogens with one attached hydrogen (secondary N) is 1. The van der Waals surface area contributed by atoms with Crippen molar-refractivity contribution in [2.75, 3.05) is 12.8 Å². The Morgan fingerprint density at radius 3 is 2.89 bits per heavy atom. The van der Waals surface area contributed by atoms with E-state index < -0.39 is 5.97 Å². The van der Waals surface area contributed by atoms with Gasteiger partial charge in [0.25, 0.3) is 0 Å². The molecule has 0 amide bonds. The molecular weight excluding hydrogens is 278 g/mol. The summed E-state index contributed by atoms with van der Waals surface area (Å²) in [6.45, 7) is 3.64. The number of thiophene rings is 1. The molecule has 1 aromatic carbocycles. The van der Waals surface area contributed by atoms with Crippen molar-refractivity contribution < 1.29 is 9.90 Å². The first-order valence-electron chi connectivity index (χ1n) is 6.10. The average Bonchev–Trinajstić information content (AvgIpc) is 2.78. The van der Waals surface area contributed by atoms with Crippen molar-refractivity contribution in [3.05, 3.63) is 34.7 Å². The van der Waals surface area contributed by atoms with E-state index >= 15 is 0 Å². The molecule has 3 nitrogen and oxygen atoms in total. The monoisotopic (exact) mass is 295 g/mol. The third-order valence-electron chi connectivity index (χ3n) is 3.03. The molecule has 0 aliphatic carbocycles. The fraction of sp³-hybridized carbons (Fsp3) is 0.357. The first kappa shape index (κ1) is 14.4. The molecule has 0 bridgehead atoms. The number of carboxylic acids is 1. The van der Waals surface area contributed by atoms with Crippen LogP contribution in [0.15, 0.2) is 24.3 Å². The predicted molar refractivity (Wildman–Crippen MR) is 83.5 cm³/mol. The summed E-state index contributed by atoms with van der Waals surface area (Å²) < 4.78 is 1.04. The Balaban J connectivity index is 2.24. The van der Waals surface area contributed by atoms with Crippen LogP contribution in [0.3, 0.4) is 0 Å². The number of fused-ring (bicyclic) bond motifs is 1. The Kier molecular flexibility index (Phi) is 4.85. The highest BCUT2D eigenvalue weighted by Gasteiger charge is 2.17. The summed E-state index contributed by atoms with van der Waals surface area (Å²) in [4.78, 5) is 11.8. The fourth-order valence-electron chi connectivity index (χ4n) is 1.93. The Morgan fingerprint density at radius 1 is 1.47 bits per heavy atom. The number of rotatable bonds is 6. The number of carboxylic acid groups (broad SMARTS) is 1. The van der Waals surface area contributed by atoms with Crippen molar-refractivity contribution in [2.24, 2.45) is 0 Å². The van der Waals surface area contributed by atoms with Gasteiger partial charge in [-0.2, -0.15) is 11.8 Å². The third kappa shape index (κ3) is 3.29. The van der Waals surface area contributed by atoms with Crippen molar-refractivity contribution >= 4 is 39.2 Å². The normalized spacial score (nSPS) is 12.7. The molecule has 1 atom stereocenters. The Morgan fingerprint density at radius 2 is 2.21 bits per heavy atom. The van der Waals surface area contributed by atoms with Gasteiger partial charge in [0.2, 0.25) is 0 Å². The number of benzene rings is 1. The minimum atomic E-state index is -0.837. The Bertz CT molecular complexity index is 580. The van der Waals surface area contributed by atoms with E-state index in [1.807, 2.05) is 24.3 Å². The van der Waals surface area contributed by atoms with Crippen LogP contribution in [0.2, 0.25) is 0 Å². The maximum absolute atomic E-state index is 11.3. The van der Waals surface area contributed by atoms with Gasteiger partial charge in [0.15, 0.2) is 0 Å². The predicted octanol–water partition coefficient (Wildman–Crippen LogP) is 3.44. The minimum absolute atomic E-state index is 0.450. The highest BCUT2D eigenvalue weighted by molar-refractivity contribution is 7.99. The van der Waals surface area contributed by atoms with Crippen molar-refractivity contribution in [1.29, 1.82) is 0 Å². The molecule has 2 rings (SSSR count). The van der Waals surface area contributed by atoms with Crippen molar-refractivity contribution in [3.8, 4) is 0 Å². The molecule has 5 heteroatoms. The average molecular weight is 295 g/mol. The molecule has 0 spiro atoms. The SMILES string of the molecule is CSC(C)CNCc1c(C(=O)O)sc2ccccc12. The second-order valence-corrected chi connectivity index (χ2v) is 6.72. The van der Waals surface area contributed by atoms with Crippen LogP contribution in [0.25, 0.3) is 10.1 Å². The second-order valence-electron chi connectivity index (χ2n) is 4.39. The lowest BCUT2D eigenvalue weighted by Gasteiger charge is -2.10. The summed E-state index contributed by atoms with van der Waals surface area (Å²) in [6, 6.07) is 7.86. The van der Waals surface area contributed by atoms with Crippen LogP contribution in [-0.2, 0) is 6.54 Å². The summed E-state index contributed by atoms with van der Waals surface area (Å²) in [5.41, 5.74) is 0.904. The quantitative estimate of drug-likeness (QED) is 0.857. The summed E-state index contributed by atoms with van der Waals surface area (Å²) in [6.07, 6.45) is 2.08. The zero-order chi connectivity index (χ0) is 13.8. The second kappa shape index (κ2) is 6.41. The lowest BCUT2D eigenvalue weighted by atomic mass is 10.1. The first-order chi connectivity index (χ1) is 9.13. The van der Waals surface area contributed by atoms with Crippen LogP contribution >= 0.6 is 23.1 Å². The van der Waals surface area contributed by atoms with Gasteiger partial charge in [-0.05, 0) is 23.3 Å². The number of hydrogen-bond donors (Lipinski definition) is 2. The van der Waals surface area contributed by atoms with E-state index in [2.05, 4.69) is 18.5 Å². The van der Waals surface area contributed by atoms with Crippen LogP contribution in [-0.4, -0.2) is 29.1 Å². The van der Waals surface area contributed by atoms with E-state index in [1.54, 1.807) is 11.8 Å². The van der Waals surface area contributed by atoms with Crippen molar-refractivity contribution in [2.45, 2.75) is 18.7 Å². The number of carbonyl (C=O) groups is 1. The largest absolute Gasteiger partial charge is 0.477 e. The van der Waals surface area contributed by atoms with Gasteiger partial charge in [-0.25, -0.2) is 4.79 Å². The zero-order valence-corrected chi connectivity index (χ0v) is 12.6. The van der Waals surface area contributed by atoms with Gasteiger partial charge in [-0.1, -0.05) is 25.1 Å². The van der Waals surface area contributed by atoms with Gasteiger partial charge in [0.05, 0.1) is 0 Å². The standard InChI is InChI=1S/C14H17NO2S2/c1-9(18-2)7-15-8-11-10-5-3-4-6-12(10)19-13(11)14(16)17/h3-6,9,15H,7-8H2,1-2H3,(H,16,17). The van der Waals surface area contributed by atoms with E-state index in [0.717, 1.165) is 22.2 Å². The highest BCUT2D eigenvalue weighted by Crippen LogP contribution is 2.31. The molecular formula is C14H17NO2S2. The maximum atomic E-state index is 11.3. The first-order valence-corrected chi connectivity index (χ1v) is 8.21. The van der Waals surface area contributed by atoms with Crippen LogP contribution in [0.1, 0.15) is 22.2 Å². The van der Waals surface area contributed by atoms with Gasteiger partial charge in [0.1, 0.15) is 4.88 Å². The molecule has 0 saturated heterocycles. The minimum Gasteiger partial charge on any atom is -0.477 e. The number of hydrogen-bond acceptors (Lipinski definition) is 4. The van der Waals surface area contributed by atoms with Gasteiger partial charge in [0, 0.05) is 23.0 Å². The van der Waals surface area contributed by atoms with E-state index in [4.69, 9.17) is 0 Å². The number of thioether (sulfide) groups is 1. The van der Waals surface area contributed by atoms with Crippen molar-refractivity contribution in [3.63, 3.8) is 0 Å². The molecule has 1 unspecified atom stereocenters. The smallest absolute Gasteiger partial charge is 0.346 e. The molecule has 1 aromatic heterocycles. The van der Waals surface area contributed by atoms with E-state index in [0.29, 0.717) is 16.7 Å². The van der Waals surface area contributed by atoms with Gasteiger partial charge >= 0.3 is 5.97 Å². The highest BCUT2D eigenvalue weighted by atomic mass is 32.2. The van der Waals surface area contributed by atoms with Crippen LogP contribution in [0, 0.1) is 0 Å². The van der Waals surface area contributed by atoms with Gasteiger partial charge in [-0.3, -0.25) is 0 Å². The molecule has 0 saturated carbocycles. The maximum Gasteiger partial charge on any atom is 0.346 e. The van der Waals surface area contributed by atoms with E-state index in [9.17, 15) is 9.90 Å². The molecule has 2 aromatic rings. The molecule has 19 heavy (non-hydrogen) atoms. The Labute approximate surface area is 121 Å². The van der Waals surface area contributed by atoms with E-state index in [-0.39, 0.29) is 0 Å². The van der Waals surface area contributed by atoms with Gasteiger partial charge in [-0.15, -0.1) is 11.3 Å². The lowest BCUT2D eigenvalue weighted by Crippen LogP contribution is -2.22. The summed E-state index contributed by atoms with van der Waals surface area (Å²) in [7, 11) is 0. The lowest BCUT2D eigenvalue weighted by molar-refractivity contribution is 0.0701. The molecule has 1 heterocycles. The molecule has 0 aliphatic rings. The molecule has 0 radical (unpaired) electrons. The van der Waals surface area contributed by atoms with Crippen LogP contribution in [0.5, 0.6) is 0 Å². The molecule has 102 valence electrons. The summed E-state index contributed by atoms with van der Waals surface area (Å²) in [5, 5.41) is 14.2. The van der Waals surface area contributed by atoms with Crippen LogP contribution < -0.4 is 5.32 Å². The topological polar surface area (TPSA) is 49.3 Å². The molecule has 0 aliphatic heterocycles. The number of aromatic carboxylic acids is 1. The zero-order valence-electron chi connectivity index (χ0n) is 11.0. The van der Waals surface area contributed by atoms with Crippen molar-refractivity contribution in [1.82, 2.24) is 5.32 Å². The van der Waals surface area contributed by atoms with E-state index in [1.165, 1.54) is 11.3 Å². The third-order valence-corrected chi connectivity index (χ3v) is 5.20. The van der Waals surface area contributed by atoms with Gasteiger partial charge < -0.3 is 10.4 Å². The molecule has 2 N–H and O–H groups in total. The summed E-state index contributed by atoms with van der Waals surface area (Å²) in [5.74, 6) is -0.837.